The molecule has 0 saturated carbocycles. The predicted molar refractivity (Wildman–Crippen MR) is 118 cm³/mol. The zero-order chi connectivity index (χ0) is 21.2. The Kier molecular flexibility index (Phi) is 6.68. The summed E-state index contributed by atoms with van der Waals surface area (Å²) in [7, 11) is -1.90. The van der Waals surface area contributed by atoms with Gasteiger partial charge >= 0.3 is 0 Å². The van der Waals surface area contributed by atoms with E-state index in [2.05, 4.69) is 13.0 Å². The van der Waals surface area contributed by atoms with Crippen molar-refractivity contribution in [3.8, 4) is 0 Å². The zero-order valence-corrected chi connectivity index (χ0v) is 18.5. The summed E-state index contributed by atoms with van der Waals surface area (Å²) in [5.41, 5.74) is 1.76. The van der Waals surface area contributed by atoms with Gasteiger partial charge in [0, 0.05) is 22.7 Å². The number of hydrogen-bond acceptors (Lipinski definition) is 5. The maximum atomic E-state index is 13.2. The van der Waals surface area contributed by atoms with Crippen molar-refractivity contribution in [3.63, 3.8) is 0 Å². The number of thioether (sulfide) groups is 1. The highest BCUT2D eigenvalue weighted by atomic mass is 32.2. The SMILES string of the molecule is C[C@H]1CCN(C(=O)CN(C)[C@@H](C)c2cccc(S(N)(=O)=O)c2)c2ccccc2S1. The number of amides is 1. The van der Waals surface area contributed by atoms with E-state index in [-0.39, 0.29) is 23.4 Å². The van der Waals surface area contributed by atoms with E-state index in [1.807, 2.05) is 48.0 Å². The monoisotopic (exact) mass is 433 g/mol. The molecule has 2 aromatic rings. The van der Waals surface area contributed by atoms with Crippen LogP contribution in [0.1, 0.15) is 31.9 Å². The first-order valence-electron chi connectivity index (χ1n) is 9.56. The summed E-state index contributed by atoms with van der Waals surface area (Å²) in [4.78, 5) is 18.2. The van der Waals surface area contributed by atoms with Crippen molar-refractivity contribution < 1.29 is 13.2 Å². The number of anilines is 1. The molecule has 0 fully saturated rings. The van der Waals surface area contributed by atoms with Crippen LogP contribution >= 0.6 is 11.8 Å². The average molecular weight is 434 g/mol. The normalized spacial score (nSPS) is 18.2. The molecule has 0 radical (unpaired) electrons. The highest BCUT2D eigenvalue weighted by Gasteiger charge is 2.26. The molecule has 0 bridgehead atoms. The second-order valence-electron chi connectivity index (χ2n) is 7.44. The van der Waals surface area contributed by atoms with Crippen LogP contribution in [0.3, 0.4) is 0 Å². The van der Waals surface area contributed by atoms with Crippen LogP contribution in [0, 0.1) is 0 Å². The molecule has 29 heavy (non-hydrogen) atoms. The quantitative estimate of drug-likeness (QED) is 0.783. The Morgan fingerprint density at radius 1 is 1.28 bits per heavy atom. The van der Waals surface area contributed by atoms with E-state index in [1.165, 1.54) is 6.07 Å². The second kappa shape index (κ2) is 8.87. The first kappa shape index (κ1) is 21.8. The maximum absolute atomic E-state index is 13.2. The summed E-state index contributed by atoms with van der Waals surface area (Å²) in [5, 5.41) is 5.70. The van der Waals surface area contributed by atoms with E-state index in [9.17, 15) is 13.2 Å². The lowest BCUT2D eigenvalue weighted by molar-refractivity contribution is -0.119. The number of fused-ring (bicyclic) bond motifs is 1. The Morgan fingerprint density at radius 3 is 2.72 bits per heavy atom. The Balaban J connectivity index is 1.77. The van der Waals surface area contributed by atoms with Crippen molar-refractivity contribution in [2.24, 2.45) is 5.14 Å². The molecule has 156 valence electrons. The summed E-state index contributed by atoms with van der Waals surface area (Å²) in [6, 6.07) is 14.4. The van der Waals surface area contributed by atoms with Crippen LogP contribution < -0.4 is 10.0 Å². The number of likely N-dealkylation sites (N-methyl/N-ethyl adjacent to an activating group) is 1. The molecule has 1 aliphatic rings. The molecule has 1 heterocycles. The molecule has 0 aromatic heterocycles. The first-order chi connectivity index (χ1) is 13.7. The molecule has 3 rings (SSSR count). The molecule has 0 spiro atoms. The van der Waals surface area contributed by atoms with Gasteiger partial charge in [-0.1, -0.05) is 31.2 Å². The van der Waals surface area contributed by atoms with Crippen LogP contribution in [0.25, 0.3) is 0 Å². The van der Waals surface area contributed by atoms with E-state index in [1.54, 1.807) is 23.9 Å². The van der Waals surface area contributed by atoms with Crippen molar-refractivity contribution >= 4 is 33.4 Å². The number of hydrogen-bond donors (Lipinski definition) is 1. The predicted octanol–water partition coefficient (Wildman–Crippen LogP) is 3.24. The van der Waals surface area contributed by atoms with E-state index < -0.39 is 10.0 Å². The fraction of sp³-hybridized carbons (Fsp3) is 0.381. The number of sulfonamides is 1. The van der Waals surface area contributed by atoms with Crippen molar-refractivity contribution in [1.29, 1.82) is 0 Å². The van der Waals surface area contributed by atoms with Gasteiger partial charge in [-0.15, -0.1) is 11.8 Å². The van der Waals surface area contributed by atoms with Gasteiger partial charge in [-0.3, -0.25) is 9.69 Å². The third kappa shape index (κ3) is 5.19. The Bertz CT molecular complexity index is 994. The van der Waals surface area contributed by atoms with Crippen molar-refractivity contribution in [1.82, 2.24) is 4.90 Å². The van der Waals surface area contributed by atoms with Gasteiger partial charge in [-0.05, 0) is 50.2 Å². The zero-order valence-electron chi connectivity index (χ0n) is 16.9. The lowest BCUT2D eigenvalue weighted by atomic mass is 10.1. The number of primary sulfonamides is 1. The molecular formula is C21H27N3O3S2. The standard InChI is InChI=1S/C21H27N3O3S2/c1-15-11-12-24(19-9-4-5-10-20(19)28-15)21(25)14-23(3)16(2)17-7-6-8-18(13-17)29(22,26)27/h4-10,13,15-16H,11-12,14H2,1-3H3,(H2,22,26,27)/t15-,16-/m0/s1. The molecule has 1 amide bonds. The van der Waals surface area contributed by atoms with Gasteiger partial charge in [-0.25, -0.2) is 13.6 Å². The molecule has 2 N–H and O–H groups in total. The minimum Gasteiger partial charge on any atom is -0.310 e. The minimum atomic E-state index is -3.76. The number of nitrogens with zero attached hydrogens (tertiary/aromatic N) is 2. The maximum Gasteiger partial charge on any atom is 0.241 e. The van der Waals surface area contributed by atoms with Gasteiger partial charge in [0.15, 0.2) is 0 Å². The number of carbonyl (C=O) groups excluding carboxylic acids is 1. The second-order valence-corrected chi connectivity index (χ2v) is 10.5. The molecule has 2 atom stereocenters. The van der Waals surface area contributed by atoms with E-state index in [4.69, 9.17) is 5.14 Å². The first-order valence-corrected chi connectivity index (χ1v) is 12.0. The summed E-state index contributed by atoms with van der Waals surface area (Å²) < 4.78 is 23.3. The molecule has 1 aliphatic heterocycles. The van der Waals surface area contributed by atoms with Crippen LogP contribution in [0.15, 0.2) is 58.3 Å². The van der Waals surface area contributed by atoms with Gasteiger partial charge in [0.1, 0.15) is 0 Å². The van der Waals surface area contributed by atoms with Crippen LogP contribution in [0.2, 0.25) is 0 Å². The van der Waals surface area contributed by atoms with Gasteiger partial charge in [-0.2, -0.15) is 0 Å². The average Bonchev–Trinajstić information content (AvgIpc) is 2.85. The topological polar surface area (TPSA) is 83.7 Å². The number of rotatable bonds is 5. The highest BCUT2D eigenvalue weighted by molar-refractivity contribution is 8.00. The van der Waals surface area contributed by atoms with Gasteiger partial charge in [0.05, 0.1) is 17.1 Å². The smallest absolute Gasteiger partial charge is 0.241 e. The molecule has 2 aromatic carbocycles. The van der Waals surface area contributed by atoms with E-state index in [0.29, 0.717) is 11.8 Å². The minimum absolute atomic E-state index is 0.0316. The van der Waals surface area contributed by atoms with Crippen LogP contribution in [-0.2, 0) is 14.8 Å². The van der Waals surface area contributed by atoms with Crippen LogP contribution in [0.4, 0.5) is 5.69 Å². The van der Waals surface area contributed by atoms with Gasteiger partial charge < -0.3 is 4.90 Å². The fourth-order valence-corrected chi connectivity index (χ4v) is 5.07. The molecule has 0 unspecified atom stereocenters. The van der Waals surface area contributed by atoms with Crippen LogP contribution in [0.5, 0.6) is 0 Å². The number of nitrogens with two attached hydrogens (primary N) is 1. The largest absolute Gasteiger partial charge is 0.310 e. The molecule has 8 heteroatoms. The highest BCUT2D eigenvalue weighted by Crippen LogP contribution is 2.37. The molecule has 0 saturated heterocycles. The summed E-state index contributed by atoms with van der Waals surface area (Å²) >= 11 is 1.80. The summed E-state index contributed by atoms with van der Waals surface area (Å²) in [6.07, 6.45) is 0.931. The summed E-state index contributed by atoms with van der Waals surface area (Å²) in [6.45, 7) is 5.05. The number of carbonyl (C=O) groups is 1. The van der Waals surface area contributed by atoms with Crippen LogP contribution in [-0.4, -0.2) is 44.6 Å². The van der Waals surface area contributed by atoms with Gasteiger partial charge in [0.2, 0.25) is 15.9 Å². The number of benzene rings is 2. The van der Waals surface area contributed by atoms with Crippen molar-refractivity contribution in [2.75, 3.05) is 25.0 Å². The van der Waals surface area contributed by atoms with Crippen molar-refractivity contribution in [3.05, 3.63) is 54.1 Å². The molecule has 0 aliphatic carbocycles. The van der Waals surface area contributed by atoms with E-state index >= 15 is 0 Å². The third-order valence-electron chi connectivity index (χ3n) is 5.26. The Morgan fingerprint density at radius 2 is 2.00 bits per heavy atom. The fourth-order valence-electron chi connectivity index (χ4n) is 3.39. The van der Waals surface area contributed by atoms with E-state index in [0.717, 1.165) is 22.6 Å². The van der Waals surface area contributed by atoms with Crippen molar-refractivity contribution in [2.45, 2.75) is 41.4 Å². The lowest BCUT2D eigenvalue weighted by Crippen LogP contribution is -2.40. The molecular weight excluding hydrogens is 406 g/mol. The lowest BCUT2D eigenvalue weighted by Gasteiger charge is -2.29. The number of para-hydroxylation sites is 1. The third-order valence-corrected chi connectivity index (χ3v) is 7.41. The molecule has 6 nitrogen and oxygen atoms in total. The van der Waals surface area contributed by atoms with Gasteiger partial charge in [0.25, 0.3) is 0 Å². The Labute approximate surface area is 177 Å². The summed E-state index contributed by atoms with van der Waals surface area (Å²) in [5.74, 6) is 0.0316. The Hall–Kier alpha value is -1.87.